The van der Waals surface area contributed by atoms with Crippen molar-refractivity contribution in [3.63, 3.8) is 0 Å². The van der Waals surface area contributed by atoms with Crippen molar-refractivity contribution < 1.29 is 4.21 Å². The van der Waals surface area contributed by atoms with E-state index in [1.54, 1.807) is 17.6 Å². The molecule has 0 spiro atoms. The molecule has 0 radical (unpaired) electrons. The second-order valence-corrected chi connectivity index (χ2v) is 4.20. The van der Waals surface area contributed by atoms with Crippen LogP contribution in [0.15, 0.2) is 19.6 Å². The third-order valence-corrected chi connectivity index (χ3v) is 2.57. The summed E-state index contributed by atoms with van der Waals surface area (Å²) in [5, 5.41) is 1.93. The first kappa shape index (κ1) is 8.10. The topological polar surface area (TPSA) is 29.4 Å². The fourth-order valence-electron chi connectivity index (χ4n) is 0.481. The van der Waals surface area contributed by atoms with Crippen LogP contribution in [0.2, 0.25) is 0 Å². The van der Waals surface area contributed by atoms with Gasteiger partial charge in [-0.25, -0.2) is 4.21 Å². The Bertz CT molecular complexity index is 258. The quantitative estimate of drug-likeness (QED) is 0.617. The van der Waals surface area contributed by atoms with Crippen LogP contribution >= 0.6 is 27.3 Å². The second kappa shape index (κ2) is 4.00. The first-order chi connectivity index (χ1) is 4.83. The van der Waals surface area contributed by atoms with Crippen molar-refractivity contribution in [3.05, 3.63) is 20.8 Å². The van der Waals surface area contributed by atoms with E-state index in [-0.39, 0.29) is 11.9 Å². The van der Waals surface area contributed by atoms with Crippen LogP contribution in [-0.2, 0) is 11.9 Å². The van der Waals surface area contributed by atoms with Gasteiger partial charge in [0.05, 0.1) is 3.79 Å². The molecule has 54 valence electrons. The summed E-state index contributed by atoms with van der Waals surface area (Å²) in [4.78, 5) is 0. The van der Waals surface area contributed by atoms with Crippen molar-refractivity contribution >= 4 is 45.3 Å². The van der Waals surface area contributed by atoms with Crippen molar-refractivity contribution in [3.8, 4) is 0 Å². The second-order valence-electron chi connectivity index (χ2n) is 1.51. The van der Waals surface area contributed by atoms with Crippen molar-refractivity contribution in [2.24, 2.45) is 4.40 Å². The molecule has 0 aliphatic carbocycles. The third-order valence-electron chi connectivity index (χ3n) is 0.842. The Morgan fingerprint density at radius 3 is 3.10 bits per heavy atom. The van der Waals surface area contributed by atoms with Crippen LogP contribution in [0.5, 0.6) is 0 Å². The third kappa shape index (κ3) is 2.32. The largest absolute Gasteiger partial charge is 0.238 e. The summed E-state index contributed by atoms with van der Waals surface area (Å²) >= 11 is 4.68. The smallest absolute Gasteiger partial charge is 0.126 e. The first-order valence-electron chi connectivity index (χ1n) is 2.42. The number of thiophene rings is 1. The van der Waals surface area contributed by atoms with Gasteiger partial charge in [0.2, 0.25) is 0 Å². The Morgan fingerprint density at radius 1 is 1.80 bits per heavy atom. The van der Waals surface area contributed by atoms with Crippen LogP contribution < -0.4 is 0 Å². The molecule has 0 aliphatic heterocycles. The van der Waals surface area contributed by atoms with Gasteiger partial charge >= 0.3 is 0 Å². The van der Waals surface area contributed by atoms with Crippen molar-refractivity contribution in [1.82, 2.24) is 0 Å². The highest BCUT2D eigenvalue weighted by Crippen LogP contribution is 2.19. The Labute approximate surface area is 74.7 Å². The Kier molecular flexibility index (Phi) is 3.24. The minimum atomic E-state index is -0.192. The van der Waals surface area contributed by atoms with Crippen LogP contribution in [0.25, 0.3) is 0 Å². The molecule has 0 N–H and O–H groups in total. The highest BCUT2D eigenvalue weighted by atomic mass is 79.9. The van der Waals surface area contributed by atoms with E-state index >= 15 is 0 Å². The highest BCUT2D eigenvalue weighted by molar-refractivity contribution is 9.11. The molecule has 10 heavy (non-hydrogen) atoms. The van der Waals surface area contributed by atoms with Gasteiger partial charge in [-0.2, -0.15) is 4.40 Å². The van der Waals surface area contributed by atoms with Gasteiger partial charge < -0.3 is 0 Å². The first-order valence-corrected chi connectivity index (χ1v) is 4.86. The van der Waals surface area contributed by atoms with Gasteiger partial charge in [-0.15, -0.1) is 11.3 Å². The lowest BCUT2D eigenvalue weighted by Gasteiger charge is -1.75. The molecule has 0 atom stereocenters. The molecule has 0 saturated heterocycles. The van der Waals surface area contributed by atoms with Crippen molar-refractivity contribution in [2.45, 2.75) is 0 Å². The number of halogens is 1. The molecule has 1 rings (SSSR count). The fraction of sp³-hybridized carbons (Fsp3) is 0. The lowest BCUT2D eigenvalue weighted by Crippen LogP contribution is -1.71. The van der Waals surface area contributed by atoms with Crippen LogP contribution in [0.1, 0.15) is 5.56 Å². The molecular formula is C5H4BrNOS2. The monoisotopic (exact) mass is 237 g/mol. The van der Waals surface area contributed by atoms with Crippen LogP contribution in [0.4, 0.5) is 0 Å². The molecular weight excluding hydrogens is 234 g/mol. The predicted octanol–water partition coefficient (Wildman–Crippen LogP) is 1.79. The van der Waals surface area contributed by atoms with Crippen LogP contribution in [-0.4, -0.2) is 10.4 Å². The highest BCUT2D eigenvalue weighted by Gasteiger charge is 1.91. The molecule has 0 bridgehead atoms. The molecule has 0 aliphatic rings. The Balaban J connectivity index is 2.75. The Morgan fingerprint density at radius 2 is 2.60 bits per heavy atom. The van der Waals surface area contributed by atoms with Gasteiger partial charge in [0, 0.05) is 17.2 Å². The summed E-state index contributed by atoms with van der Waals surface area (Å²) in [5.41, 5.74) is 0.972. The van der Waals surface area contributed by atoms with E-state index in [1.807, 2.05) is 11.4 Å². The summed E-state index contributed by atoms with van der Waals surface area (Å²) in [7, 11) is 0. The van der Waals surface area contributed by atoms with E-state index in [0.717, 1.165) is 9.35 Å². The van der Waals surface area contributed by atoms with Gasteiger partial charge in [0.15, 0.2) is 0 Å². The lowest BCUT2D eigenvalue weighted by atomic mass is 10.4. The minimum Gasteiger partial charge on any atom is -0.238 e. The van der Waals surface area contributed by atoms with Gasteiger partial charge in [-0.05, 0) is 22.0 Å². The zero-order valence-electron chi connectivity index (χ0n) is 4.82. The number of thiol groups is 1. The average molecular weight is 238 g/mol. The standard InChI is InChI=1S/C5H4BrNOS2/c6-5-1-4(3-9-5)2-7-10-8/h1-3,10H/b7-2+. The van der Waals surface area contributed by atoms with Crippen LogP contribution in [0.3, 0.4) is 0 Å². The van der Waals surface area contributed by atoms with E-state index in [4.69, 9.17) is 0 Å². The van der Waals surface area contributed by atoms with E-state index in [0.29, 0.717) is 0 Å². The molecule has 1 aromatic rings. The van der Waals surface area contributed by atoms with Gasteiger partial charge in [0.1, 0.15) is 11.9 Å². The average Bonchev–Trinajstić information content (AvgIpc) is 2.31. The van der Waals surface area contributed by atoms with E-state index in [1.165, 1.54) is 0 Å². The fourth-order valence-corrected chi connectivity index (χ4v) is 1.79. The summed E-state index contributed by atoms with van der Waals surface area (Å²) in [6, 6.07) is 1.92. The lowest BCUT2D eigenvalue weighted by molar-refractivity contribution is 0.695. The summed E-state index contributed by atoms with van der Waals surface area (Å²) in [6.07, 6.45) is 1.57. The molecule has 0 fully saturated rings. The van der Waals surface area contributed by atoms with Crippen molar-refractivity contribution in [2.75, 3.05) is 0 Å². The van der Waals surface area contributed by atoms with E-state index < -0.39 is 0 Å². The number of nitrogens with zero attached hydrogens (tertiary/aromatic N) is 1. The number of hydrogen-bond acceptors (Lipinski definition) is 2. The normalized spacial score (nSPS) is 10.9. The summed E-state index contributed by atoms with van der Waals surface area (Å²) in [6.45, 7) is 0. The maximum atomic E-state index is 9.88. The summed E-state index contributed by atoms with van der Waals surface area (Å²) in [5.74, 6) is 0. The molecule has 0 unspecified atom stereocenters. The SMILES string of the molecule is O=[SH]/N=C/c1csc(Br)c1. The maximum absolute atomic E-state index is 9.88. The molecule has 1 heterocycles. The summed E-state index contributed by atoms with van der Waals surface area (Å²) < 4.78 is 14.5. The number of hydrogen-bond donors (Lipinski definition) is 1. The van der Waals surface area contributed by atoms with Crippen molar-refractivity contribution in [1.29, 1.82) is 0 Å². The molecule has 5 heteroatoms. The molecule has 0 aromatic carbocycles. The zero-order valence-corrected chi connectivity index (χ0v) is 8.12. The van der Waals surface area contributed by atoms with Crippen LogP contribution in [0, 0.1) is 0 Å². The molecule has 0 saturated carbocycles. The van der Waals surface area contributed by atoms with E-state index in [2.05, 4.69) is 20.3 Å². The number of rotatable bonds is 2. The van der Waals surface area contributed by atoms with Gasteiger partial charge in [-0.1, -0.05) is 0 Å². The molecule has 0 amide bonds. The van der Waals surface area contributed by atoms with Gasteiger partial charge in [0.25, 0.3) is 0 Å². The van der Waals surface area contributed by atoms with Gasteiger partial charge in [-0.3, -0.25) is 0 Å². The zero-order chi connectivity index (χ0) is 7.40. The van der Waals surface area contributed by atoms with E-state index in [9.17, 15) is 4.21 Å². The minimum absolute atomic E-state index is 0.192. The Hall–Kier alpha value is -0.000000000000000111. The predicted molar refractivity (Wildman–Crippen MR) is 49.2 cm³/mol. The molecule has 2 nitrogen and oxygen atoms in total. The maximum Gasteiger partial charge on any atom is 0.126 e. The molecule has 1 aromatic heterocycles.